The SMILES string of the molecule is CCCOc1ccc(C2=C(Nc3cc(C)ccc3OC)C(=O)N(Cc3ccncc3)C2=O)cc1. The lowest BCUT2D eigenvalue weighted by Crippen LogP contribution is -2.32. The molecule has 1 aliphatic heterocycles. The number of aryl methyl sites for hydroxylation is 1. The molecule has 34 heavy (non-hydrogen) atoms. The van der Waals surface area contributed by atoms with E-state index in [0.29, 0.717) is 34.9 Å². The predicted molar refractivity (Wildman–Crippen MR) is 130 cm³/mol. The second-order valence-corrected chi connectivity index (χ2v) is 8.00. The van der Waals surface area contributed by atoms with Crippen molar-refractivity contribution in [3.8, 4) is 11.5 Å². The van der Waals surface area contributed by atoms with Gasteiger partial charge in [0.2, 0.25) is 0 Å². The van der Waals surface area contributed by atoms with Gasteiger partial charge in [-0.2, -0.15) is 0 Å². The lowest BCUT2D eigenvalue weighted by atomic mass is 10.0. The van der Waals surface area contributed by atoms with Crippen LogP contribution in [0.25, 0.3) is 5.57 Å². The fourth-order valence-electron chi connectivity index (χ4n) is 3.77. The minimum atomic E-state index is -0.397. The van der Waals surface area contributed by atoms with Gasteiger partial charge in [0.25, 0.3) is 11.8 Å². The van der Waals surface area contributed by atoms with E-state index in [9.17, 15) is 9.59 Å². The molecule has 174 valence electrons. The van der Waals surface area contributed by atoms with E-state index in [2.05, 4.69) is 10.3 Å². The Balaban J connectivity index is 1.74. The van der Waals surface area contributed by atoms with Gasteiger partial charge in [-0.25, -0.2) is 0 Å². The third-order valence-electron chi connectivity index (χ3n) is 5.49. The lowest BCUT2D eigenvalue weighted by molar-refractivity contribution is -0.137. The molecule has 0 atom stereocenters. The van der Waals surface area contributed by atoms with Gasteiger partial charge in [0.1, 0.15) is 17.2 Å². The van der Waals surface area contributed by atoms with Crippen molar-refractivity contribution >= 4 is 23.1 Å². The Labute approximate surface area is 199 Å². The zero-order valence-electron chi connectivity index (χ0n) is 19.5. The monoisotopic (exact) mass is 457 g/mol. The number of methoxy groups -OCH3 is 1. The molecule has 2 aromatic carbocycles. The van der Waals surface area contributed by atoms with Crippen molar-refractivity contribution < 1.29 is 19.1 Å². The highest BCUT2D eigenvalue weighted by Gasteiger charge is 2.39. The Kier molecular flexibility index (Phi) is 6.92. The van der Waals surface area contributed by atoms with Crippen LogP contribution in [0.2, 0.25) is 0 Å². The van der Waals surface area contributed by atoms with E-state index in [1.807, 2.05) is 44.2 Å². The highest BCUT2D eigenvalue weighted by atomic mass is 16.5. The minimum absolute atomic E-state index is 0.150. The van der Waals surface area contributed by atoms with Gasteiger partial charge in [0, 0.05) is 12.4 Å². The van der Waals surface area contributed by atoms with E-state index in [0.717, 1.165) is 17.5 Å². The Hall–Kier alpha value is -4.13. The summed E-state index contributed by atoms with van der Waals surface area (Å²) in [6.45, 7) is 4.75. The van der Waals surface area contributed by atoms with Crippen molar-refractivity contribution in [1.29, 1.82) is 0 Å². The molecule has 0 spiro atoms. The summed E-state index contributed by atoms with van der Waals surface area (Å²) in [6.07, 6.45) is 4.18. The number of nitrogens with one attached hydrogen (secondary N) is 1. The summed E-state index contributed by atoms with van der Waals surface area (Å²) in [7, 11) is 1.57. The summed E-state index contributed by atoms with van der Waals surface area (Å²) in [5, 5.41) is 3.19. The van der Waals surface area contributed by atoms with Gasteiger partial charge >= 0.3 is 0 Å². The number of benzene rings is 2. The molecular weight excluding hydrogens is 430 g/mol. The Bertz CT molecular complexity index is 1220. The summed E-state index contributed by atoms with van der Waals surface area (Å²) in [5.41, 5.74) is 3.58. The number of hydrogen-bond acceptors (Lipinski definition) is 6. The van der Waals surface area contributed by atoms with E-state index < -0.39 is 5.91 Å². The first kappa shape index (κ1) is 23.0. The van der Waals surface area contributed by atoms with Crippen LogP contribution in [0.15, 0.2) is 72.7 Å². The quantitative estimate of drug-likeness (QED) is 0.474. The van der Waals surface area contributed by atoms with Crippen LogP contribution in [0.3, 0.4) is 0 Å². The minimum Gasteiger partial charge on any atom is -0.495 e. The number of imide groups is 1. The maximum absolute atomic E-state index is 13.5. The molecule has 0 bridgehead atoms. The summed E-state index contributed by atoms with van der Waals surface area (Å²) in [4.78, 5) is 32.3. The van der Waals surface area contributed by atoms with Crippen LogP contribution in [-0.2, 0) is 16.1 Å². The van der Waals surface area contributed by atoms with E-state index in [1.165, 1.54) is 4.90 Å². The van der Waals surface area contributed by atoms with Gasteiger partial charge in [-0.05, 0) is 66.4 Å². The zero-order valence-corrected chi connectivity index (χ0v) is 19.5. The highest BCUT2D eigenvalue weighted by Crippen LogP contribution is 2.35. The molecule has 0 saturated heterocycles. The fraction of sp³-hybridized carbons (Fsp3) is 0.222. The molecule has 4 rings (SSSR count). The van der Waals surface area contributed by atoms with Crippen LogP contribution < -0.4 is 14.8 Å². The van der Waals surface area contributed by atoms with E-state index >= 15 is 0 Å². The summed E-state index contributed by atoms with van der Waals surface area (Å²) < 4.78 is 11.1. The van der Waals surface area contributed by atoms with Gasteiger partial charge < -0.3 is 14.8 Å². The second kappa shape index (κ2) is 10.2. The number of carbonyl (C=O) groups is 2. The molecule has 2 amide bonds. The molecule has 0 aliphatic carbocycles. The molecule has 1 N–H and O–H groups in total. The number of pyridine rings is 1. The van der Waals surface area contributed by atoms with E-state index in [1.54, 1.807) is 43.8 Å². The molecule has 0 unspecified atom stereocenters. The van der Waals surface area contributed by atoms with Gasteiger partial charge in [-0.1, -0.05) is 25.1 Å². The predicted octanol–water partition coefficient (Wildman–Crippen LogP) is 4.58. The second-order valence-electron chi connectivity index (χ2n) is 8.00. The number of carbonyl (C=O) groups excluding carboxylic acids is 2. The molecule has 2 heterocycles. The van der Waals surface area contributed by atoms with Crippen molar-refractivity contribution in [3.05, 3.63) is 89.4 Å². The van der Waals surface area contributed by atoms with Gasteiger partial charge in [-0.15, -0.1) is 0 Å². The molecular formula is C27H27N3O4. The first-order valence-corrected chi connectivity index (χ1v) is 11.2. The summed E-state index contributed by atoms with van der Waals surface area (Å²) in [6, 6.07) is 16.4. The number of aromatic nitrogens is 1. The van der Waals surface area contributed by atoms with Crippen molar-refractivity contribution in [1.82, 2.24) is 9.88 Å². The van der Waals surface area contributed by atoms with Crippen molar-refractivity contribution in [2.45, 2.75) is 26.8 Å². The number of hydrogen-bond donors (Lipinski definition) is 1. The van der Waals surface area contributed by atoms with Crippen LogP contribution >= 0.6 is 0 Å². The van der Waals surface area contributed by atoms with Crippen LogP contribution in [0, 0.1) is 6.92 Å². The molecule has 7 heteroatoms. The first-order chi connectivity index (χ1) is 16.5. The van der Waals surface area contributed by atoms with Crippen LogP contribution in [-0.4, -0.2) is 35.4 Å². The number of nitrogens with zero attached hydrogens (tertiary/aromatic N) is 2. The summed E-state index contributed by atoms with van der Waals surface area (Å²) >= 11 is 0. The number of ether oxygens (including phenoxy) is 2. The van der Waals surface area contributed by atoms with Crippen LogP contribution in [0.5, 0.6) is 11.5 Å². The number of amides is 2. The number of rotatable bonds is 9. The van der Waals surface area contributed by atoms with Crippen molar-refractivity contribution in [2.75, 3.05) is 19.0 Å². The molecule has 0 saturated carbocycles. The fourth-order valence-corrected chi connectivity index (χ4v) is 3.77. The average Bonchev–Trinajstić information content (AvgIpc) is 3.08. The van der Waals surface area contributed by atoms with Crippen molar-refractivity contribution in [2.24, 2.45) is 0 Å². The zero-order chi connectivity index (χ0) is 24.1. The third-order valence-corrected chi connectivity index (χ3v) is 5.49. The normalized spacial score (nSPS) is 13.4. The van der Waals surface area contributed by atoms with Crippen LogP contribution in [0.1, 0.15) is 30.0 Å². The lowest BCUT2D eigenvalue weighted by Gasteiger charge is -2.16. The number of anilines is 1. The van der Waals surface area contributed by atoms with E-state index in [-0.39, 0.29) is 18.1 Å². The maximum atomic E-state index is 13.5. The molecule has 1 aromatic heterocycles. The molecule has 3 aromatic rings. The molecule has 0 fully saturated rings. The van der Waals surface area contributed by atoms with E-state index in [4.69, 9.17) is 9.47 Å². The standard InChI is InChI=1S/C27H27N3O4/c1-4-15-34-21-8-6-20(7-9-21)24-25(29-22-16-18(2)5-10-23(22)33-3)27(32)30(26(24)31)17-19-11-13-28-14-12-19/h5-14,16,29H,4,15,17H2,1-3H3. The maximum Gasteiger partial charge on any atom is 0.278 e. The highest BCUT2D eigenvalue weighted by molar-refractivity contribution is 6.36. The summed E-state index contributed by atoms with van der Waals surface area (Å²) in [5.74, 6) is 0.532. The Morgan fingerprint density at radius 1 is 0.971 bits per heavy atom. The molecule has 7 nitrogen and oxygen atoms in total. The largest absolute Gasteiger partial charge is 0.495 e. The topological polar surface area (TPSA) is 80.8 Å². The van der Waals surface area contributed by atoms with Crippen molar-refractivity contribution in [3.63, 3.8) is 0 Å². The van der Waals surface area contributed by atoms with Crippen LogP contribution in [0.4, 0.5) is 5.69 Å². The third kappa shape index (κ3) is 4.78. The van der Waals surface area contributed by atoms with Gasteiger partial charge in [0.15, 0.2) is 0 Å². The Morgan fingerprint density at radius 2 is 1.71 bits per heavy atom. The Morgan fingerprint density at radius 3 is 2.38 bits per heavy atom. The smallest absolute Gasteiger partial charge is 0.278 e. The first-order valence-electron chi connectivity index (χ1n) is 11.2. The van der Waals surface area contributed by atoms with Gasteiger partial charge in [-0.3, -0.25) is 19.5 Å². The molecule has 1 aliphatic rings. The molecule has 0 radical (unpaired) electrons. The van der Waals surface area contributed by atoms with Gasteiger partial charge in [0.05, 0.1) is 31.5 Å². The average molecular weight is 458 g/mol.